The number of phenols is 1. The topological polar surface area (TPSA) is 44.7 Å². The summed E-state index contributed by atoms with van der Waals surface area (Å²) in [5.74, 6) is 1.82. The largest absolute Gasteiger partial charge is 0.508 e. The number of nitrogens with zero attached hydrogens (tertiary/aromatic N) is 1. The molecule has 2 aliphatic rings. The molecule has 1 heterocycles. The summed E-state index contributed by atoms with van der Waals surface area (Å²) in [5, 5.41) is 13.1. The minimum Gasteiger partial charge on any atom is -0.508 e. The maximum absolute atomic E-state index is 9.67. The van der Waals surface area contributed by atoms with Crippen LogP contribution in [0.1, 0.15) is 30.9 Å². The molecule has 0 aromatic heterocycles. The Hall–Kier alpha value is -1.26. The molecule has 2 N–H and O–H groups in total. The Morgan fingerprint density at radius 2 is 2.05 bits per heavy atom. The van der Waals surface area contributed by atoms with E-state index in [-0.39, 0.29) is 5.75 Å². The molecule has 1 saturated carbocycles. The van der Waals surface area contributed by atoms with Crippen molar-refractivity contribution in [1.82, 2.24) is 10.2 Å². The summed E-state index contributed by atoms with van der Waals surface area (Å²) in [5.41, 5.74) is 1.23. The number of aromatic hydroxyl groups is 1. The van der Waals surface area contributed by atoms with Gasteiger partial charge in [0.2, 0.25) is 0 Å². The molecule has 3 rings (SSSR count). The van der Waals surface area contributed by atoms with Crippen molar-refractivity contribution in [3.05, 3.63) is 23.8 Å². The molecule has 0 amide bonds. The normalized spacial score (nSPS) is 22.2. The van der Waals surface area contributed by atoms with E-state index in [1.807, 2.05) is 6.07 Å². The zero-order chi connectivity index (χ0) is 13.9. The Kier molecular flexibility index (Phi) is 4.13. The van der Waals surface area contributed by atoms with E-state index in [4.69, 9.17) is 4.74 Å². The van der Waals surface area contributed by atoms with Crippen molar-refractivity contribution in [3.63, 3.8) is 0 Å². The van der Waals surface area contributed by atoms with E-state index in [2.05, 4.69) is 10.2 Å². The number of hydrogen-bond donors (Lipinski definition) is 2. The van der Waals surface area contributed by atoms with E-state index in [9.17, 15) is 5.11 Å². The van der Waals surface area contributed by atoms with Crippen LogP contribution >= 0.6 is 0 Å². The monoisotopic (exact) mass is 276 g/mol. The smallest absolute Gasteiger partial charge is 0.127 e. The van der Waals surface area contributed by atoms with Crippen molar-refractivity contribution in [3.8, 4) is 11.5 Å². The molecule has 2 fully saturated rings. The van der Waals surface area contributed by atoms with Gasteiger partial charge in [-0.15, -0.1) is 0 Å². The molecule has 1 aliphatic carbocycles. The third-order valence-electron chi connectivity index (χ3n) is 4.68. The van der Waals surface area contributed by atoms with Gasteiger partial charge in [0.1, 0.15) is 11.5 Å². The zero-order valence-electron chi connectivity index (χ0n) is 12.1. The number of benzene rings is 1. The fourth-order valence-corrected chi connectivity index (χ4v) is 3.41. The van der Waals surface area contributed by atoms with Crippen molar-refractivity contribution >= 4 is 0 Å². The molecule has 1 aromatic rings. The van der Waals surface area contributed by atoms with Crippen LogP contribution in [-0.4, -0.2) is 43.3 Å². The highest BCUT2D eigenvalue weighted by molar-refractivity contribution is 5.42. The highest BCUT2D eigenvalue weighted by atomic mass is 16.5. The summed E-state index contributed by atoms with van der Waals surface area (Å²) in [6.45, 7) is 4.30. The van der Waals surface area contributed by atoms with Crippen molar-refractivity contribution < 1.29 is 9.84 Å². The first-order valence-electron chi connectivity index (χ1n) is 7.61. The van der Waals surface area contributed by atoms with Crippen molar-refractivity contribution in [2.45, 2.75) is 25.3 Å². The van der Waals surface area contributed by atoms with Crippen LogP contribution in [0.3, 0.4) is 0 Å². The van der Waals surface area contributed by atoms with Gasteiger partial charge in [0.05, 0.1) is 7.11 Å². The van der Waals surface area contributed by atoms with E-state index < -0.39 is 0 Å². The van der Waals surface area contributed by atoms with Crippen LogP contribution in [0.5, 0.6) is 11.5 Å². The molecule has 0 radical (unpaired) electrons. The number of piperazine rings is 1. The van der Waals surface area contributed by atoms with Gasteiger partial charge in [-0.25, -0.2) is 0 Å². The molecule has 0 spiro atoms. The third-order valence-corrected chi connectivity index (χ3v) is 4.68. The fraction of sp³-hybridized carbons (Fsp3) is 0.625. The third kappa shape index (κ3) is 2.63. The standard InChI is InChI=1S/C16H24N2O2/c1-20-15-11-13(19)5-6-14(15)16(12-3-2-4-12)18-9-7-17-8-10-18/h5-6,11-12,16-17,19H,2-4,7-10H2,1H3/t16-/m0/s1. The molecular formula is C16H24N2O2. The van der Waals surface area contributed by atoms with Crippen molar-refractivity contribution in [2.24, 2.45) is 5.92 Å². The highest BCUT2D eigenvalue weighted by Gasteiger charge is 2.35. The summed E-state index contributed by atoms with van der Waals surface area (Å²) < 4.78 is 5.51. The highest BCUT2D eigenvalue weighted by Crippen LogP contribution is 2.44. The lowest BCUT2D eigenvalue weighted by Gasteiger charge is -2.43. The van der Waals surface area contributed by atoms with Crippen LogP contribution < -0.4 is 10.1 Å². The van der Waals surface area contributed by atoms with Crippen LogP contribution in [0.15, 0.2) is 18.2 Å². The van der Waals surface area contributed by atoms with Crippen LogP contribution in [0.2, 0.25) is 0 Å². The van der Waals surface area contributed by atoms with Gasteiger partial charge in [-0.2, -0.15) is 0 Å². The van der Waals surface area contributed by atoms with E-state index in [1.54, 1.807) is 19.2 Å². The van der Waals surface area contributed by atoms with Gasteiger partial charge < -0.3 is 15.2 Å². The van der Waals surface area contributed by atoms with Gasteiger partial charge in [0.25, 0.3) is 0 Å². The maximum Gasteiger partial charge on any atom is 0.127 e. The second-order valence-electron chi connectivity index (χ2n) is 5.85. The molecule has 1 saturated heterocycles. The Balaban J connectivity index is 1.91. The Bertz CT molecular complexity index is 454. The van der Waals surface area contributed by atoms with E-state index in [0.717, 1.165) is 37.8 Å². The Labute approximate surface area is 120 Å². The summed E-state index contributed by atoms with van der Waals surface area (Å²) in [4.78, 5) is 2.58. The summed E-state index contributed by atoms with van der Waals surface area (Å²) in [6.07, 6.45) is 3.95. The first-order chi connectivity index (χ1) is 9.79. The predicted octanol–water partition coefficient (Wildman–Crippen LogP) is 2.15. The van der Waals surface area contributed by atoms with Gasteiger partial charge in [0.15, 0.2) is 0 Å². The number of hydrogen-bond acceptors (Lipinski definition) is 4. The summed E-state index contributed by atoms with van der Waals surface area (Å²) in [7, 11) is 1.69. The van der Waals surface area contributed by atoms with Crippen LogP contribution in [0.25, 0.3) is 0 Å². The van der Waals surface area contributed by atoms with Gasteiger partial charge in [-0.3, -0.25) is 4.90 Å². The SMILES string of the molecule is COc1cc(O)ccc1[C@H](C1CCC1)N1CCNCC1. The van der Waals surface area contributed by atoms with E-state index >= 15 is 0 Å². The molecule has 4 heteroatoms. The lowest BCUT2D eigenvalue weighted by atomic mass is 9.76. The summed E-state index contributed by atoms with van der Waals surface area (Å²) in [6, 6.07) is 6.00. The van der Waals surface area contributed by atoms with Crippen molar-refractivity contribution in [2.75, 3.05) is 33.3 Å². The first-order valence-corrected chi connectivity index (χ1v) is 7.61. The average Bonchev–Trinajstić information content (AvgIpc) is 2.44. The molecule has 1 aromatic carbocycles. The van der Waals surface area contributed by atoms with Gasteiger partial charge in [0, 0.05) is 43.9 Å². The second kappa shape index (κ2) is 6.02. The minimum atomic E-state index is 0.276. The molecular weight excluding hydrogens is 252 g/mol. The number of rotatable bonds is 4. The number of ether oxygens (including phenoxy) is 1. The predicted molar refractivity (Wildman–Crippen MR) is 79.2 cm³/mol. The van der Waals surface area contributed by atoms with Crippen molar-refractivity contribution in [1.29, 1.82) is 0 Å². The lowest BCUT2D eigenvalue weighted by molar-refractivity contribution is 0.0818. The maximum atomic E-state index is 9.67. The van der Waals surface area contributed by atoms with E-state index in [0.29, 0.717) is 6.04 Å². The first kappa shape index (κ1) is 13.7. The molecule has 4 nitrogen and oxygen atoms in total. The van der Waals surface area contributed by atoms with Crippen LogP contribution in [-0.2, 0) is 0 Å². The zero-order valence-corrected chi connectivity index (χ0v) is 12.1. The molecule has 110 valence electrons. The average molecular weight is 276 g/mol. The Morgan fingerprint density at radius 3 is 2.65 bits per heavy atom. The van der Waals surface area contributed by atoms with Crippen LogP contribution in [0.4, 0.5) is 0 Å². The fourth-order valence-electron chi connectivity index (χ4n) is 3.41. The number of phenolic OH excluding ortho intramolecular Hbond substituents is 1. The molecule has 1 aliphatic heterocycles. The van der Waals surface area contributed by atoms with Gasteiger partial charge >= 0.3 is 0 Å². The summed E-state index contributed by atoms with van der Waals surface area (Å²) >= 11 is 0. The van der Waals surface area contributed by atoms with Gasteiger partial charge in [-0.1, -0.05) is 12.5 Å². The van der Waals surface area contributed by atoms with Gasteiger partial charge in [-0.05, 0) is 24.8 Å². The minimum absolute atomic E-state index is 0.276. The Morgan fingerprint density at radius 1 is 1.30 bits per heavy atom. The van der Waals surface area contributed by atoms with E-state index in [1.165, 1.54) is 24.8 Å². The molecule has 0 unspecified atom stereocenters. The quantitative estimate of drug-likeness (QED) is 0.884. The molecule has 20 heavy (non-hydrogen) atoms. The number of nitrogens with one attached hydrogen (secondary N) is 1. The number of methoxy groups -OCH3 is 1. The second-order valence-corrected chi connectivity index (χ2v) is 5.85. The molecule has 0 bridgehead atoms. The van der Waals surface area contributed by atoms with Crippen LogP contribution in [0, 0.1) is 5.92 Å². The lowest BCUT2D eigenvalue weighted by Crippen LogP contribution is -2.47. The molecule has 1 atom stereocenters.